The minimum Gasteiger partial charge on any atom is -0.458 e. The highest BCUT2D eigenvalue weighted by Gasteiger charge is 2.16. The van der Waals surface area contributed by atoms with E-state index in [2.05, 4.69) is 38.5 Å². The van der Waals surface area contributed by atoms with Crippen LogP contribution in [0.2, 0.25) is 0 Å². The standard InChI is InChI=1S/C14H24O4/c1-6-17-13(15)14(16)18-8-7-11(4)9-12(5)10(2)3/h9-11H,6-8H2,1-5H3. The monoisotopic (exact) mass is 256 g/mol. The predicted octanol–water partition coefficient (Wildman–Crippen LogP) is 2.72. The highest BCUT2D eigenvalue weighted by Crippen LogP contribution is 2.14. The van der Waals surface area contributed by atoms with E-state index in [-0.39, 0.29) is 13.2 Å². The number of esters is 2. The van der Waals surface area contributed by atoms with Crippen molar-refractivity contribution in [1.29, 1.82) is 0 Å². The Morgan fingerprint density at radius 1 is 1.11 bits per heavy atom. The smallest absolute Gasteiger partial charge is 0.417 e. The third-order valence-electron chi connectivity index (χ3n) is 2.71. The molecule has 0 heterocycles. The van der Waals surface area contributed by atoms with E-state index in [1.165, 1.54) is 5.57 Å². The first-order chi connectivity index (χ1) is 8.38. The van der Waals surface area contributed by atoms with Crippen LogP contribution in [0.15, 0.2) is 11.6 Å². The molecule has 0 saturated carbocycles. The topological polar surface area (TPSA) is 52.6 Å². The van der Waals surface area contributed by atoms with Gasteiger partial charge in [0.15, 0.2) is 0 Å². The minimum absolute atomic E-state index is 0.181. The fourth-order valence-corrected chi connectivity index (χ4v) is 1.31. The van der Waals surface area contributed by atoms with Crippen LogP contribution in [0.3, 0.4) is 0 Å². The van der Waals surface area contributed by atoms with Gasteiger partial charge in [0.1, 0.15) is 0 Å². The Morgan fingerprint density at radius 3 is 2.17 bits per heavy atom. The lowest BCUT2D eigenvalue weighted by Crippen LogP contribution is -2.21. The van der Waals surface area contributed by atoms with Crippen molar-refractivity contribution in [2.24, 2.45) is 11.8 Å². The normalized spacial score (nSPS) is 13.3. The van der Waals surface area contributed by atoms with Crippen LogP contribution in [0.5, 0.6) is 0 Å². The highest BCUT2D eigenvalue weighted by molar-refractivity contribution is 6.29. The van der Waals surface area contributed by atoms with Gasteiger partial charge in [-0.3, -0.25) is 0 Å². The summed E-state index contributed by atoms with van der Waals surface area (Å²) in [5.74, 6) is -0.982. The number of hydrogen-bond acceptors (Lipinski definition) is 4. The molecule has 0 aliphatic carbocycles. The molecule has 0 bridgehead atoms. The van der Waals surface area contributed by atoms with Crippen molar-refractivity contribution in [3.05, 3.63) is 11.6 Å². The molecule has 0 fully saturated rings. The van der Waals surface area contributed by atoms with Crippen LogP contribution in [0.25, 0.3) is 0 Å². The van der Waals surface area contributed by atoms with Gasteiger partial charge in [-0.05, 0) is 32.1 Å². The molecule has 0 radical (unpaired) electrons. The van der Waals surface area contributed by atoms with E-state index < -0.39 is 11.9 Å². The molecule has 4 nitrogen and oxygen atoms in total. The average molecular weight is 256 g/mol. The lowest BCUT2D eigenvalue weighted by Gasteiger charge is -2.11. The van der Waals surface area contributed by atoms with Crippen LogP contribution in [0.4, 0.5) is 0 Å². The average Bonchev–Trinajstić information content (AvgIpc) is 2.28. The Hall–Kier alpha value is -1.32. The van der Waals surface area contributed by atoms with Crippen molar-refractivity contribution < 1.29 is 19.1 Å². The molecule has 0 aromatic rings. The second-order valence-corrected chi connectivity index (χ2v) is 4.69. The molecule has 18 heavy (non-hydrogen) atoms. The van der Waals surface area contributed by atoms with Crippen LogP contribution < -0.4 is 0 Å². The van der Waals surface area contributed by atoms with Gasteiger partial charge in [0.05, 0.1) is 13.2 Å². The molecule has 1 atom stereocenters. The molecule has 0 amide bonds. The Morgan fingerprint density at radius 2 is 1.67 bits per heavy atom. The molecule has 0 aromatic carbocycles. The SMILES string of the molecule is CCOC(=O)C(=O)OCCC(C)C=C(C)C(C)C. The second-order valence-electron chi connectivity index (χ2n) is 4.69. The Labute approximate surface area is 109 Å². The molecule has 0 rings (SSSR count). The van der Waals surface area contributed by atoms with Crippen molar-refractivity contribution >= 4 is 11.9 Å². The number of rotatable bonds is 6. The maximum atomic E-state index is 11.1. The second kappa shape index (κ2) is 8.72. The van der Waals surface area contributed by atoms with E-state index in [9.17, 15) is 9.59 Å². The zero-order chi connectivity index (χ0) is 14.1. The third-order valence-corrected chi connectivity index (χ3v) is 2.71. The van der Waals surface area contributed by atoms with E-state index in [0.29, 0.717) is 18.3 Å². The first-order valence-electron chi connectivity index (χ1n) is 6.40. The molecule has 0 spiro atoms. The predicted molar refractivity (Wildman–Crippen MR) is 70.0 cm³/mol. The molecule has 104 valence electrons. The summed E-state index contributed by atoms with van der Waals surface area (Å²) in [7, 11) is 0. The van der Waals surface area contributed by atoms with Crippen LogP contribution in [-0.4, -0.2) is 25.2 Å². The fraction of sp³-hybridized carbons (Fsp3) is 0.714. The number of hydrogen-bond donors (Lipinski definition) is 0. The fourth-order valence-electron chi connectivity index (χ4n) is 1.31. The van der Waals surface area contributed by atoms with Gasteiger partial charge in [-0.15, -0.1) is 0 Å². The maximum Gasteiger partial charge on any atom is 0.417 e. The molecule has 0 N–H and O–H groups in total. The van der Waals surface area contributed by atoms with E-state index in [1.54, 1.807) is 6.92 Å². The summed E-state index contributed by atoms with van der Waals surface area (Å²) in [4.78, 5) is 22.1. The Kier molecular flexibility index (Phi) is 8.08. The van der Waals surface area contributed by atoms with E-state index in [0.717, 1.165) is 0 Å². The largest absolute Gasteiger partial charge is 0.458 e. The summed E-state index contributed by atoms with van der Waals surface area (Å²) in [6, 6.07) is 0. The first-order valence-corrected chi connectivity index (χ1v) is 6.40. The maximum absolute atomic E-state index is 11.1. The van der Waals surface area contributed by atoms with E-state index >= 15 is 0 Å². The summed E-state index contributed by atoms with van der Waals surface area (Å²) in [6.45, 7) is 10.5. The summed E-state index contributed by atoms with van der Waals surface area (Å²) in [5, 5.41) is 0. The molecule has 0 aromatic heterocycles. The molecule has 0 saturated heterocycles. The van der Waals surface area contributed by atoms with Gasteiger partial charge in [0.25, 0.3) is 0 Å². The molecule has 1 unspecified atom stereocenters. The lowest BCUT2D eigenvalue weighted by atomic mass is 9.98. The zero-order valence-electron chi connectivity index (χ0n) is 12.0. The molecular formula is C14H24O4. The third kappa shape index (κ3) is 7.09. The van der Waals surface area contributed by atoms with Crippen molar-refractivity contribution in [3.63, 3.8) is 0 Å². The Balaban J connectivity index is 3.95. The van der Waals surface area contributed by atoms with Gasteiger partial charge in [-0.2, -0.15) is 0 Å². The molecule has 0 aliphatic rings. The van der Waals surface area contributed by atoms with E-state index in [4.69, 9.17) is 4.74 Å². The minimum atomic E-state index is -0.918. The number of carbonyl (C=O) groups is 2. The summed E-state index contributed by atoms with van der Waals surface area (Å²) in [5.41, 5.74) is 1.32. The quantitative estimate of drug-likeness (QED) is 0.416. The van der Waals surface area contributed by atoms with Gasteiger partial charge in [-0.1, -0.05) is 32.4 Å². The molecule has 4 heteroatoms. The van der Waals surface area contributed by atoms with E-state index in [1.807, 2.05) is 0 Å². The summed E-state index contributed by atoms with van der Waals surface area (Å²) in [6.07, 6.45) is 2.87. The molecule has 0 aliphatic heterocycles. The summed E-state index contributed by atoms with van der Waals surface area (Å²) < 4.78 is 9.36. The van der Waals surface area contributed by atoms with Gasteiger partial charge in [0.2, 0.25) is 0 Å². The zero-order valence-corrected chi connectivity index (χ0v) is 12.0. The number of ether oxygens (including phenoxy) is 2. The van der Waals surface area contributed by atoms with Gasteiger partial charge >= 0.3 is 11.9 Å². The number of carbonyl (C=O) groups excluding carboxylic acids is 2. The van der Waals surface area contributed by atoms with Crippen LogP contribution >= 0.6 is 0 Å². The van der Waals surface area contributed by atoms with Crippen LogP contribution in [0, 0.1) is 11.8 Å². The molecular weight excluding hydrogens is 232 g/mol. The van der Waals surface area contributed by atoms with Crippen molar-refractivity contribution in [2.45, 2.75) is 41.0 Å². The van der Waals surface area contributed by atoms with Crippen molar-refractivity contribution in [3.8, 4) is 0 Å². The van der Waals surface area contributed by atoms with Crippen LogP contribution in [0.1, 0.15) is 41.0 Å². The van der Waals surface area contributed by atoms with Gasteiger partial charge in [0, 0.05) is 0 Å². The lowest BCUT2D eigenvalue weighted by molar-refractivity contribution is -0.167. The van der Waals surface area contributed by atoms with Gasteiger partial charge < -0.3 is 9.47 Å². The summed E-state index contributed by atoms with van der Waals surface area (Å²) >= 11 is 0. The van der Waals surface area contributed by atoms with Crippen molar-refractivity contribution in [2.75, 3.05) is 13.2 Å². The Bertz CT molecular complexity index is 305. The number of allylic oxidation sites excluding steroid dienone is 2. The van der Waals surface area contributed by atoms with Crippen molar-refractivity contribution in [1.82, 2.24) is 0 Å². The van der Waals surface area contributed by atoms with Gasteiger partial charge in [-0.25, -0.2) is 9.59 Å². The highest BCUT2D eigenvalue weighted by atomic mass is 16.6. The first kappa shape index (κ1) is 16.7. The van der Waals surface area contributed by atoms with Crippen LogP contribution in [-0.2, 0) is 19.1 Å².